The van der Waals surface area contributed by atoms with Gasteiger partial charge in [-0.25, -0.2) is 0 Å². The molecule has 62 valence electrons. The predicted octanol–water partition coefficient (Wildman–Crippen LogP) is 0.420. The van der Waals surface area contributed by atoms with Gasteiger partial charge in [-0.15, -0.1) is 0 Å². The second kappa shape index (κ2) is 3.05. The maximum atomic E-state index is 11.1. The number of carbonyl (C=O) groups is 1. The molecular formula is C8H13NO2. The van der Waals surface area contributed by atoms with Crippen molar-refractivity contribution >= 4 is 5.97 Å². The predicted molar refractivity (Wildman–Crippen MR) is 42.2 cm³/mol. The minimum Gasteiger partial charge on any atom is -0.468 e. The second-order valence-electron chi connectivity index (χ2n) is 2.91. The quantitative estimate of drug-likeness (QED) is 0.406. The van der Waals surface area contributed by atoms with Crippen LogP contribution in [0.15, 0.2) is 12.2 Å². The van der Waals surface area contributed by atoms with Crippen LogP contribution in [0.25, 0.3) is 0 Å². The standard InChI is InChI=1S/C8H13NO2/c1-6-4-7(8(10)11-3)9(2)5-6/h7H,1,4-5H2,2-3H3. The van der Waals surface area contributed by atoms with Gasteiger partial charge in [-0.05, 0) is 13.5 Å². The number of rotatable bonds is 1. The van der Waals surface area contributed by atoms with E-state index in [-0.39, 0.29) is 12.0 Å². The fraction of sp³-hybridized carbons (Fsp3) is 0.625. The van der Waals surface area contributed by atoms with Crippen LogP contribution >= 0.6 is 0 Å². The molecule has 0 aromatic carbocycles. The number of carbonyl (C=O) groups excluding carboxylic acids is 1. The van der Waals surface area contributed by atoms with Crippen molar-refractivity contribution in [3.05, 3.63) is 12.2 Å². The van der Waals surface area contributed by atoms with Crippen LogP contribution in [0, 0.1) is 0 Å². The summed E-state index contributed by atoms with van der Waals surface area (Å²) >= 11 is 0. The van der Waals surface area contributed by atoms with Crippen molar-refractivity contribution in [2.24, 2.45) is 0 Å². The Labute approximate surface area is 66.6 Å². The molecule has 0 saturated carbocycles. The second-order valence-corrected chi connectivity index (χ2v) is 2.91. The van der Waals surface area contributed by atoms with Crippen LogP contribution in [0.1, 0.15) is 6.42 Å². The van der Waals surface area contributed by atoms with E-state index >= 15 is 0 Å². The number of hydrogen-bond acceptors (Lipinski definition) is 3. The first-order valence-electron chi connectivity index (χ1n) is 3.60. The number of esters is 1. The first-order chi connectivity index (χ1) is 5.15. The molecule has 1 unspecified atom stereocenters. The fourth-order valence-electron chi connectivity index (χ4n) is 1.36. The zero-order valence-corrected chi connectivity index (χ0v) is 6.96. The Morgan fingerprint density at radius 1 is 1.82 bits per heavy atom. The van der Waals surface area contributed by atoms with Gasteiger partial charge in [0.25, 0.3) is 0 Å². The van der Waals surface area contributed by atoms with E-state index in [0.29, 0.717) is 0 Å². The van der Waals surface area contributed by atoms with E-state index in [0.717, 1.165) is 18.5 Å². The fourth-order valence-corrected chi connectivity index (χ4v) is 1.36. The highest BCUT2D eigenvalue weighted by Crippen LogP contribution is 2.19. The SMILES string of the molecule is C=C1CC(C(=O)OC)N(C)C1. The molecule has 1 aliphatic heterocycles. The molecule has 0 aliphatic carbocycles. The third-order valence-electron chi connectivity index (χ3n) is 1.96. The summed E-state index contributed by atoms with van der Waals surface area (Å²) < 4.78 is 4.63. The van der Waals surface area contributed by atoms with Gasteiger partial charge in [-0.2, -0.15) is 0 Å². The maximum absolute atomic E-state index is 11.1. The lowest BCUT2D eigenvalue weighted by molar-refractivity contribution is -0.145. The lowest BCUT2D eigenvalue weighted by Crippen LogP contribution is -2.33. The van der Waals surface area contributed by atoms with Crippen molar-refractivity contribution in [2.45, 2.75) is 12.5 Å². The monoisotopic (exact) mass is 155 g/mol. The van der Waals surface area contributed by atoms with E-state index in [1.165, 1.54) is 7.11 Å². The molecule has 0 spiro atoms. The highest BCUT2D eigenvalue weighted by Gasteiger charge is 2.30. The number of nitrogens with zero attached hydrogens (tertiary/aromatic N) is 1. The van der Waals surface area contributed by atoms with E-state index < -0.39 is 0 Å². The largest absolute Gasteiger partial charge is 0.468 e. The van der Waals surface area contributed by atoms with Gasteiger partial charge in [0.15, 0.2) is 0 Å². The molecule has 0 aromatic rings. The van der Waals surface area contributed by atoms with Crippen molar-refractivity contribution in [3.8, 4) is 0 Å². The van der Waals surface area contributed by atoms with E-state index in [1.807, 2.05) is 11.9 Å². The summed E-state index contributed by atoms with van der Waals surface area (Å²) in [5.41, 5.74) is 1.10. The molecule has 1 aliphatic rings. The number of likely N-dealkylation sites (N-methyl/N-ethyl adjacent to an activating group) is 1. The topological polar surface area (TPSA) is 29.5 Å². The minimum absolute atomic E-state index is 0.104. The molecule has 0 aromatic heterocycles. The molecule has 3 nitrogen and oxygen atoms in total. The Morgan fingerprint density at radius 3 is 2.82 bits per heavy atom. The Hall–Kier alpha value is -0.830. The molecule has 1 fully saturated rings. The number of hydrogen-bond donors (Lipinski definition) is 0. The Morgan fingerprint density at radius 2 is 2.45 bits per heavy atom. The molecule has 0 amide bonds. The highest BCUT2D eigenvalue weighted by molar-refractivity contribution is 5.76. The molecular weight excluding hydrogens is 142 g/mol. The van der Waals surface area contributed by atoms with E-state index in [1.54, 1.807) is 0 Å². The molecule has 1 heterocycles. The molecule has 0 radical (unpaired) electrons. The summed E-state index contributed by atoms with van der Waals surface area (Å²) in [7, 11) is 3.32. The molecule has 11 heavy (non-hydrogen) atoms. The van der Waals surface area contributed by atoms with Crippen LogP contribution in [-0.2, 0) is 9.53 Å². The third kappa shape index (κ3) is 1.60. The third-order valence-corrected chi connectivity index (χ3v) is 1.96. The molecule has 1 atom stereocenters. The highest BCUT2D eigenvalue weighted by atomic mass is 16.5. The van der Waals surface area contributed by atoms with Crippen molar-refractivity contribution in [2.75, 3.05) is 20.7 Å². The van der Waals surface area contributed by atoms with E-state index in [9.17, 15) is 4.79 Å². The van der Waals surface area contributed by atoms with Gasteiger partial charge >= 0.3 is 5.97 Å². The first kappa shape index (κ1) is 8.27. The number of likely N-dealkylation sites (tertiary alicyclic amines) is 1. The summed E-state index contributed by atoms with van der Waals surface area (Å²) in [4.78, 5) is 13.0. The number of methoxy groups -OCH3 is 1. The van der Waals surface area contributed by atoms with Crippen LogP contribution in [-0.4, -0.2) is 37.6 Å². The normalized spacial score (nSPS) is 25.6. The summed E-state index contributed by atoms with van der Waals surface area (Å²) in [5, 5.41) is 0. The van der Waals surface area contributed by atoms with E-state index in [4.69, 9.17) is 0 Å². The Bertz CT molecular complexity index is 189. The zero-order valence-electron chi connectivity index (χ0n) is 6.96. The van der Waals surface area contributed by atoms with Crippen molar-refractivity contribution in [1.82, 2.24) is 4.90 Å². The van der Waals surface area contributed by atoms with Crippen LogP contribution in [0.2, 0.25) is 0 Å². The van der Waals surface area contributed by atoms with Crippen molar-refractivity contribution in [1.29, 1.82) is 0 Å². The van der Waals surface area contributed by atoms with Gasteiger partial charge in [-0.1, -0.05) is 12.2 Å². The molecule has 0 bridgehead atoms. The smallest absolute Gasteiger partial charge is 0.323 e. The molecule has 1 saturated heterocycles. The summed E-state index contributed by atoms with van der Waals surface area (Å²) in [6, 6.07) is -0.104. The van der Waals surface area contributed by atoms with Gasteiger partial charge in [0.05, 0.1) is 7.11 Å². The summed E-state index contributed by atoms with van der Waals surface area (Å²) in [6.45, 7) is 4.63. The lowest BCUT2D eigenvalue weighted by Gasteiger charge is -2.15. The summed E-state index contributed by atoms with van der Waals surface area (Å²) in [5.74, 6) is -0.161. The van der Waals surface area contributed by atoms with Crippen LogP contribution in [0.5, 0.6) is 0 Å². The maximum Gasteiger partial charge on any atom is 0.323 e. The van der Waals surface area contributed by atoms with Crippen LogP contribution in [0.4, 0.5) is 0 Å². The zero-order chi connectivity index (χ0) is 8.43. The lowest BCUT2D eigenvalue weighted by atomic mass is 10.2. The van der Waals surface area contributed by atoms with Gasteiger partial charge in [0.1, 0.15) is 6.04 Å². The average Bonchev–Trinajstić information content (AvgIpc) is 2.28. The van der Waals surface area contributed by atoms with E-state index in [2.05, 4.69) is 11.3 Å². The first-order valence-corrected chi connectivity index (χ1v) is 3.60. The Kier molecular flexibility index (Phi) is 2.29. The van der Waals surface area contributed by atoms with Gasteiger partial charge in [0.2, 0.25) is 0 Å². The summed E-state index contributed by atoms with van der Waals surface area (Å²) in [6.07, 6.45) is 0.739. The van der Waals surface area contributed by atoms with Crippen molar-refractivity contribution < 1.29 is 9.53 Å². The van der Waals surface area contributed by atoms with Gasteiger partial charge in [-0.3, -0.25) is 9.69 Å². The Balaban J connectivity index is 2.59. The average molecular weight is 155 g/mol. The minimum atomic E-state index is -0.161. The molecule has 1 rings (SSSR count). The molecule has 0 N–H and O–H groups in total. The van der Waals surface area contributed by atoms with Crippen LogP contribution < -0.4 is 0 Å². The van der Waals surface area contributed by atoms with Gasteiger partial charge < -0.3 is 4.74 Å². The van der Waals surface area contributed by atoms with Gasteiger partial charge in [0, 0.05) is 6.54 Å². The molecule has 3 heteroatoms. The van der Waals surface area contributed by atoms with Crippen LogP contribution in [0.3, 0.4) is 0 Å². The number of ether oxygens (including phenoxy) is 1. The van der Waals surface area contributed by atoms with Crippen molar-refractivity contribution in [3.63, 3.8) is 0 Å².